The number of nitrogens with zero attached hydrogens (tertiary/aromatic N) is 1. The molecule has 0 aromatic carbocycles. The van der Waals surface area contributed by atoms with E-state index in [0.717, 1.165) is 0 Å². The number of aliphatic hydroxyl groups excluding tert-OH is 1. The molecule has 0 aromatic heterocycles. The molecule has 78 valence electrons. The average molecular weight is 207 g/mol. The van der Waals surface area contributed by atoms with Gasteiger partial charge in [0.2, 0.25) is 0 Å². The lowest BCUT2D eigenvalue weighted by molar-refractivity contribution is 0.00623. The first-order chi connectivity index (χ1) is 6.03. The summed E-state index contributed by atoms with van der Waals surface area (Å²) in [6, 6.07) is 0. The van der Waals surface area contributed by atoms with Crippen LogP contribution in [0.15, 0.2) is 0 Å². The number of aliphatic hydroxyl groups is 1. The summed E-state index contributed by atoms with van der Waals surface area (Å²) in [6.07, 6.45) is 0.444. The molecule has 0 spiro atoms. The van der Waals surface area contributed by atoms with Crippen molar-refractivity contribution in [2.75, 3.05) is 31.1 Å². The van der Waals surface area contributed by atoms with Gasteiger partial charge in [-0.2, -0.15) is 0 Å². The molecule has 0 aliphatic carbocycles. The van der Waals surface area contributed by atoms with Crippen molar-refractivity contribution in [3.05, 3.63) is 0 Å². The van der Waals surface area contributed by atoms with Crippen LogP contribution in [0.5, 0.6) is 0 Å². The third kappa shape index (κ3) is 3.62. The lowest BCUT2D eigenvalue weighted by atomic mass is 10.2. The Balaban J connectivity index is 2.18. The van der Waals surface area contributed by atoms with Crippen LogP contribution in [0.2, 0.25) is 0 Å². The summed E-state index contributed by atoms with van der Waals surface area (Å²) in [6.45, 7) is 3.69. The SMILES string of the molecule is CCCS(=O)(=O)CCN1CC(O)C1. The van der Waals surface area contributed by atoms with Crippen LogP contribution in [-0.4, -0.2) is 55.7 Å². The molecule has 1 rings (SSSR count). The zero-order valence-corrected chi connectivity index (χ0v) is 8.76. The Morgan fingerprint density at radius 3 is 2.46 bits per heavy atom. The molecule has 1 aliphatic heterocycles. The molecule has 13 heavy (non-hydrogen) atoms. The molecule has 0 aromatic rings. The Bertz CT molecular complexity index is 244. The summed E-state index contributed by atoms with van der Waals surface area (Å²) in [5.74, 6) is 0.511. The highest BCUT2D eigenvalue weighted by molar-refractivity contribution is 7.91. The van der Waals surface area contributed by atoms with Crippen molar-refractivity contribution in [1.29, 1.82) is 0 Å². The molecule has 0 amide bonds. The second kappa shape index (κ2) is 4.39. The Morgan fingerprint density at radius 2 is 2.00 bits per heavy atom. The van der Waals surface area contributed by atoms with Gasteiger partial charge in [0.25, 0.3) is 0 Å². The van der Waals surface area contributed by atoms with E-state index in [2.05, 4.69) is 0 Å². The largest absolute Gasteiger partial charge is 0.390 e. The van der Waals surface area contributed by atoms with Crippen molar-refractivity contribution < 1.29 is 13.5 Å². The van der Waals surface area contributed by atoms with Crippen LogP contribution in [0.25, 0.3) is 0 Å². The van der Waals surface area contributed by atoms with Crippen molar-refractivity contribution in [2.24, 2.45) is 0 Å². The third-order valence-electron chi connectivity index (χ3n) is 2.17. The standard InChI is InChI=1S/C8H17NO3S/c1-2-4-13(11,12)5-3-9-6-8(10)7-9/h8,10H,2-7H2,1H3. The van der Waals surface area contributed by atoms with Crippen LogP contribution in [0.4, 0.5) is 0 Å². The fraction of sp³-hybridized carbons (Fsp3) is 1.00. The molecule has 1 saturated heterocycles. The molecule has 1 aliphatic rings. The lowest BCUT2D eigenvalue weighted by Gasteiger charge is -2.35. The van der Waals surface area contributed by atoms with E-state index in [1.165, 1.54) is 0 Å². The summed E-state index contributed by atoms with van der Waals surface area (Å²) < 4.78 is 22.5. The van der Waals surface area contributed by atoms with E-state index in [0.29, 0.717) is 26.1 Å². The van der Waals surface area contributed by atoms with Crippen LogP contribution in [-0.2, 0) is 9.84 Å². The van der Waals surface area contributed by atoms with E-state index in [1.807, 2.05) is 11.8 Å². The highest BCUT2D eigenvalue weighted by Crippen LogP contribution is 2.07. The quantitative estimate of drug-likeness (QED) is 0.659. The van der Waals surface area contributed by atoms with Gasteiger partial charge in [-0.3, -0.25) is 4.90 Å². The summed E-state index contributed by atoms with van der Waals surface area (Å²) in [5, 5.41) is 8.96. The van der Waals surface area contributed by atoms with E-state index in [9.17, 15) is 8.42 Å². The maximum absolute atomic E-state index is 11.3. The normalized spacial score (nSPS) is 20.2. The summed E-state index contributed by atoms with van der Waals surface area (Å²) in [7, 11) is -2.84. The Labute approximate surface area is 79.5 Å². The van der Waals surface area contributed by atoms with Crippen LogP contribution >= 0.6 is 0 Å². The summed E-state index contributed by atoms with van der Waals surface area (Å²) in [5.41, 5.74) is 0. The van der Waals surface area contributed by atoms with Gasteiger partial charge in [0, 0.05) is 25.4 Å². The van der Waals surface area contributed by atoms with Crippen LogP contribution in [0.1, 0.15) is 13.3 Å². The van der Waals surface area contributed by atoms with Gasteiger partial charge < -0.3 is 5.11 Å². The van der Waals surface area contributed by atoms with Gasteiger partial charge in [0.15, 0.2) is 9.84 Å². The zero-order valence-electron chi connectivity index (χ0n) is 7.94. The van der Waals surface area contributed by atoms with Crippen molar-refractivity contribution in [2.45, 2.75) is 19.4 Å². The van der Waals surface area contributed by atoms with E-state index >= 15 is 0 Å². The predicted molar refractivity (Wildman–Crippen MR) is 51.4 cm³/mol. The number of likely N-dealkylation sites (tertiary alicyclic amines) is 1. The Kier molecular flexibility index (Phi) is 3.70. The molecule has 1 fully saturated rings. The maximum Gasteiger partial charge on any atom is 0.151 e. The first kappa shape index (κ1) is 10.9. The average Bonchev–Trinajstić information content (AvgIpc) is 1.96. The van der Waals surface area contributed by atoms with Gasteiger partial charge in [0.05, 0.1) is 11.9 Å². The number of hydrogen-bond acceptors (Lipinski definition) is 4. The minimum Gasteiger partial charge on any atom is -0.390 e. The first-order valence-corrected chi connectivity index (χ1v) is 6.46. The summed E-state index contributed by atoms with van der Waals surface area (Å²) in [4.78, 5) is 1.96. The molecule has 0 radical (unpaired) electrons. The van der Waals surface area contributed by atoms with Crippen LogP contribution in [0, 0.1) is 0 Å². The van der Waals surface area contributed by atoms with Crippen molar-refractivity contribution >= 4 is 9.84 Å². The lowest BCUT2D eigenvalue weighted by Crippen LogP contribution is -2.52. The molecule has 0 saturated carbocycles. The van der Waals surface area contributed by atoms with E-state index in [1.54, 1.807) is 0 Å². The summed E-state index contributed by atoms with van der Waals surface area (Å²) >= 11 is 0. The maximum atomic E-state index is 11.3. The smallest absolute Gasteiger partial charge is 0.151 e. The van der Waals surface area contributed by atoms with E-state index in [4.69, 9.17) is 5.11 Å². The monoisotopic (exact) mass is 207 g/mol. The van der Waals surface area contributed by atoms with Crippen LogP contribution in [0.3, 0.4) is 0 Å². The Morgan fingerprint density at radius 1 is 1.38 bits per heavy atom. The number of β-amino-alcohol motifs (C(OH)–C–C–N with tert-alkyl or cyclic N) is 1. The molecule has 0 atom stereocenters. The fourth-order valence-electron chi connectivity index (χ4n) is 1.41. The predicted octanol–water partition coefficient (Wildman–Crippen LogP) is -0.512. The van der Waals surface area contributed by atoms with Crippen molar-refractivity contribution in [1.82, 2.24) is 4.90 Å². The molecule has 4 nitrogen and oxygen atoms in total. The number of hydrogen-bond donors (Lipinski definition) is 1. The minimum atomic E-state index is -2.84. The molecule has 1 N–H and O–H groups in total. The topological polar surface area (TPSA) is 57.6 Å². The highest BCUT2D eigenvalue weighted by Gasteiger charge is 2.25. The van der Waals surface area contributed by atoms with Crippen molar-refractivity contribution in [3.63, 3.8) is 0 Å². The highest BCUT2D eigenvalue weighted by atomic mass is 32.2. The van der Waals surface area contributed by atoms with Crippen molar-refractivity contribution in [3.8, 4) is 0 Å². The Hall–Kier alpha value is -0.130. The van der Waals surface area contributed by atoms with Gasteiger partial charge in [-0.15, -0.1) is 0 Å². The van der Waals surface area contributed by atoms with Gasteiger partial charge in [-0.05, 0) is 6.42 Å². The van der Waals surface area contributed by atoms with E-state index < -0.39 is 9.84 Å². The van der Waals surface area contributed by atoms with E-state index in [-0.39, 0.29) is 17.6 Å². The zero-order chi connectivity index (χ0) is 9.90. The molecule has 5 heteroatoms. The fourth-order valence-corrected chi connectivity index (χ4v) is 2.77. The third-order valence-corrected chi connectivity index (χ3v) is 4.01. The van der Waals surface area contributed by atoms with Gasteiger partial charge >= 0.3 is 0 Å². The molecule has 0 bridgehead atoms. The second-order valence-electron chi connectivity index (χ2n) is 3.57. The van der Waals surface area contributed by atoms with Gasteiger partial charge in [-0.25, -0.2) is 8.42 Å². The molecule has 1 heterocycles. The van der Waals surface area contributed by atoms with Gasteiger partial charge in [-0.1, -0.05) is 6.92 Å². The van der Waals surface area contributed by atoms with Gasteiger partial charge in [0.1, 0.15) is 0 Å². The molecule has 0 unspecified atom stereocenters. The second-order valence-corrected chi connectivity index (χ2v) is 5.87. The molecular weight excluding hydrogens is 190 g/mol. The molecular formula is C8H17NO3S. The minimum absolute atomic E-state index is 0.230. The number of sulfone groups is 1. The first-order valence-electron chi connectivity index (χ1n) is 4.64. The van der Waals surface area contributed by atoms with Crippen LogP contribution < -0.4 is 0 Å². The number of rotatable bonds is 5.